The van der Waals surface area contributed by atoms with Crippen LogP contribution in [0.15, 0.2) is 224 Å². The van der Waals surface area contributed by atoms with E-state index in [-0.39, 0.29) is 13.6 Å². The summed E-state index contributed by atoms with van der Waals surface area (Å²) in [5, 5.41) is 0. The van der Waals surface area contributed by atoms with Crippen LogP contribution >= 0.6 is 0 Å². The number of fused-ring (bicyclic) bond motifs is 8. The maximum Gasteiger partial charge on any atom is 0.329 e. The van der Waals surface area contributed by atoms with Gasteiger partial charge in [0, 0.05) is 56.6 Å². The number of nitrogens with zero attached hydrogens (tertiary/aromatic N) is 3. The Hall–Kier alpha value is -7.69. The molecule has 3 aliphatic rings. The normalized spacial score (nSPS) is 13.0. The van der Waals surface area contributed by atoms with Gasteiger partial charge in [0.15, 0.2) is 0 Å². The van der Waals surface area contributed by atoms with Gasteiger partial charge in [0.1, 0.15) is 11.5 Å². The summed E-state index contributed by atoms with van der Waals surface area (Å²) in [5.41, 5.74) is 17.2. The predicted molar refractivity (Wildman–Crippen MR) is 252 cm³/mol. The maximum atomic E-state index is 7.36. The third-order valence-corrected chi connectivity index (χ3v) is 12.3. The standard InChI is InChI=1S/C54H37B2N3O/c1-6-20-38(21-7-1)56-47-37-50-53-54(60-51-33-19-17-31-46(51)55(53)45-30-16-18-32-48(45)58(50)41-26-12-4-13-27-41)52(47)44-35-34-43(36-49(44)59(56)42-28-14-5-15-29-42)57(39-22-8-2-9-23-39)40-24-10-3-11-25-40/h1-37H. The Morgan fingerprint density at radius 3 is 1.67 bits per heavy atom. The number of ether oxygens (including phenoxy) is 1. The van der Waals surface area contributed by atoms with Gasteiger partial charge < -0.3 is 19.3 Å². The van der Waals surface area contributed by atoms with Crippen LogP contribution in [0, 0.1) is 0 Å². The molecular weight excluding hydrogens is 728 g/mol. The van der Waals surface area contributed by atoms with Gasteiger partial charge in [0.2, 0.25) is 0 Å². The van der Waals surface area contributed by atoms with Crippen LogP contribution in [-0.2, 0) is 0 Å². The first-order chi connectivity index (χ1) is 29.8. The molecule has 12 rings (SSSR count). The first kappa shape index (κ1) is 34.4. The zero-order valence-corrected chi connectivity index (χ0v) is 32.8. The highest BCUT2D eigenvalue weighted by atomic mass is 16.5. The van der Waals surface area contributed by atoms with Crippen LogP contribution in [0.1, 0.15) is 0 Å². The van der Waals surface area contributed by atoms with Crippen LogP contribution in [0.4, 0.5) is 45.5 Å². The van der Waals surface area contributed by atoms with Gasteiger partial charge in [-0.25, -0.2) is 0 Å². The topological polar surface area (TPSA) is 19.0 Å². The number of anilines is 8. The van der Waals surface area contributed by atoms with E-state index in [4.69, 9.17) is 4.74 Å². The van der Waals surface area contributed by atoms with Crippen molar-refractivity contribution in [1.82, 2.24) is 0 Å². The summed E-state index contributed by atoms with van der Waals surface area (Å²) < 4.78 is 7.36. The van der Waals surface area contributed by atoms with Crippen molar-refractivity contribution < 1.29 is 4.74 Å². The third kappa shape index (κ3) is 5.34. The second kappa shape index (κ2) is 14.0. The Labute approximate surface area is 351 Å². The minimum atomic E-state index is -0.191. The average molecular weight is 766 g/mol. The second-order valence-corrected chi connectivity index (χ2v) is 15.6. The van der Waals surface area contributed by atoms with Crippen molar-refractivity contribution in [2.75, 3.05) is 14.6 Å². The van der Waals surface area contributed by atoms with Gasteiger partial charge >= 0.3 is 6.85 Å². The van der Waals surface area contributed by atoms with E-state index in [1.165, 1.54) is 33.0 Å². The number of hydrogen-bond donors (Lipinski definition) is 0. The molecule has 0 aliphatic carbocycles. The van der Waals surface area contributed by atoms with Crippen molar-refractivity contribution >= 4 is 86.4 Å². The minimum absolute atomic E-state index is 0.0156. The minimum Gasteiger partial charge on any atom is -0.458 e. The van der Waals surface area contributed by atoms with Gasteiger partial charge in [-0.2, -0.15) is 0 Å². The van der Waals surface area contributed by atoms with Crippen molar-refractivity contribution in [1.29, 1.82) is 0 Å². The number of benzene rings is 9. The van der Waals surface area contributed by atoms with Crippen molar-refractivity contribution in [3.63, 3.8) is 0 Å². The number of hydrogen-bond acceptors (Lipinski definition) is 4. The maximum absolute atomic E-state index is 7.36. The zero-order chi connectivity index (χ0) is 39.6. The summed E-state index contributed by atoms with van der Waals surface area (Å²) in [7, 11) is 0. The van der Waals surface area contributed by atoms with Crippen molar-refractivity contribution in [2.24, 2.45) is 0 Å². The first-order valence-corrected chi connectivity index (χ1v) is 20.7. The fourth-order valence-corrected chi connectivity index (χ4v) is 9.85. The molecule has 3 aliphatic heterocycles. The van der Waals surface area contributed by atoms with Gasteiger partial charge in [-0.3, -0.25) is 0 Å². The molecule has 280 valence electrons. The van der Waals surface area contributed by atoms with E-state index in [0.717, 1.165) is 62.4 Å². The van der Waals surface area contributed by atoms with E-state index in [2.05, 4.69) is 239 Å². The molecule has 0 N–H and O–H groups in total. The lowest BCUT2D eigenvalue weighted by molar-refractivity contribution is 0.489. The Balaban J connectivity index is 1.20. The molecule has 0 amide bonds. The van der Waals surface area contributed by atoms with Crippen LogP contribution in [0.2, 0.25) is 0 Å². The average Bonchev–Trinajstić information content (AvgIpc) is 3.32. The number of rotatable bonds is 6. The van der Waals surface area contributed by atoms with Crippen molar-refractivity contribution in [3.05, 3.63) is 224 Å². The van der Waals surface area contributed by atoms with Crippen molar-refractivity contribution in [2.45, 2.75) is 0 Å². The van der Waals surface area contributed by atoms with E-state index in [1.54, 1.807) is 0 Å². The summed E-state index contributed by atoms with van der Waals surface area (Å²) in [6.07, 6.45) is 0. The van der Waals surface area contributed by atoms with E-state index >= 15 is 0 Å². The molecule has 6 heteroatoms. The Kier molecular flexibility index (Phi) is 8.02. The first-order valence-electron chi connectivity index (χ1n) is 20.7. The molecule has 0 radical (unpaired) electrons. The molecule has 0 spiro atoms. The monoisotopic (exact) mass is 765 g/mol. The molecule has 60 heavy (non-hydrogen) atoms. The van der Waals surface area contributed by atoms with Gasteiger partial charge in [0.05, 0.1) is 0 Å². The Morgan fingerprint density at radius 1 is 0.417 bits per heavy atom. The molecule has 9 aromatic carbocycles. The molecule has 0 atom stereocenters. The van der Waals surface area contributed by atoms with E-state index in [9.17, 15) is 0 Å². The quantitative estimate of drug-likeness (QED) is 0.157. The molecular formula is C54H37B2N3O. The van der Waals surface area contributed by atoms with Crippen LogP contribution in [0.5, 0.6) is 11.5 Å². The zero-order valence-electron chi connectivity index (χ0n) is 32.8. The van der Waals surface area contributed by atoms with Gasteiger partial charge in [0.25, 0.3) is 6.71 Å². The molecule has 3 heterocycles. The van der Waals surface area contributed by atoms with E-state index < -0.39 is 0 Å². The summed E-state index contributed by atoms with van der Waals surface area (Å²) in [5.74, 6) is 1.82. The fraction of sp³-hybridized carbons (Fsp3) is 0. The van der Waals surface area contributed by atoms with Gasteiger partial charge in [-0.05, 0) is 101 Å². The van der Waals surface area contributed by atoms with Crippen molar-refractivity contribution in [3.8, 4) is 22.6 Å². The highest BCUT2D eigenvalue weighted by Gasteiger charge is 2.47. The fourth-order valence-electron chi connectivity index (χ4n) is 9.85. The summed E-state index contributed by atoms with van der Waals surface area (Å²) >= 11 is 0. The second-order valence-electron chi connectivity index (χ2n) is 15.6. The predicted octanol–water partition coefficient (Wildman–Crippen LogP) is 10.5. The SMILES string of the molecule is c1ccc(B2c3cc4c5c(c3-c3ccc(N(c6ccccc6)c6ccccc6)cc3N2c2ccccc2)Oc2ccccc2B5c2ccccc2N4c2ccccc2)cc1. The Bertz CT molecular complexity index is 3000. The summed E-state index contributed by atoms with van der Waals surface area (Å²) in [6.45, 7) is -0.207. The molecule has 9 aromatic rings. The summed E-state index contributed by atoms with van der Waals surface area (Å²) in [4.78, 5) is 7.35. The van der Waals surface area contributed by atoms with Gasteiger partial charge in [-0.1, -0.05) is 151 Å². The molecule has 0 fully saturated rings. The van der Waals surface area contributed by atoms with Crippen LogP contribution < -0.4 is 46.7 Å². The lowest BCUT2D eigenvalue weighted by Gasteiger charge is -2.45. The third-order valence-electron chi connectivity index (χ3n) is 12.3. The van der Waals surface area contributed by atoms with Gasteiger partial charge in [-0.15, -0.1) is 0 Å². The smallest absolute Gasteiger partial charge is 0.329 e. The molecule has 0 bridgehead atoms. The molecule has 0 aromatic heterocycles. The summed E-state index contributed by atoms with van der Waals surface area (Å²) in [6, 6.07) is 80.9. The van der Waals surface area contributed by atoms with Crippen LogP contribution in [0.3, 0.4) is 0 Å². The van der Waals surface area contributed by atoms with E-state index in [1.807, 2.05) is 0 Å². The van der Waals surface area contributed by atoms with E-state index in [0.29, 0.717) is 0 Å². The lowest BCUT2D eigenvalue weighted by atomic mass is 9.33. The number of para-hydroxylation sites is 6. The lowest BCUT2D eigenvalue weighted by Crippen LogP contribution is -2.62. The largest absolute Gasteiger partial charge is 0.458 e. The van der Waals surface area contributed by atoms with Crippen LogP contribution in [-0.4, -0.2) is 13.6 Å². The van der Waals surface area contributed by atoms with Crippen LogP contribution in [0.25, 0.3) is 11.1 Å². The molecule has 0 saturated heterocycles. The highest BCUT2D eigenvalue weighted by molar-refractivity contribution is 7.00. The highest BCUT2D eigenvalue weighted by Crippen LogP contribution is 2.50. The molecule has 0 unspecified atom stereocenters. The molecule has 4 nitrogen and oxygen atoms in total. The molecule has 0 saturated carbocycles. The Morgan fingerprint density at radius 2 is 0.983 bits per heavy atom.